The van der Waals surface area contributed by atoms with E-state index in [-0.39, 0.29) is 5.91 Å². The molecule has 0 aromatic heterocycles. The van der Waals surface area contributed by atoms with E-state index >= 15 is 0 Å². The molecule has 0 saturated carbocycles. The predicted molar refractivity (Wildman–Crippen MR) is 111 cm³/mol. The summed E-state index contributed by atoms with van der Waals surface area (Å²) in [4.78, 5) is 16.7. The first-order chi connectivity index (χ1) is 12.1. The van der Waals surface area contributed by atoms with Crippen LogP contribution in [0.15, 0.2) is 71.0 Å². The van der Waals surface area contributed by atoms with Gasteiger partial charge in [-0.25, -0.2) is 0 Å². The molecule has 5 heteroatoms. The van der Waals surface area contributed by atoms with Crippen LogP contribution in [0.2, 0.25) is 0 Å². The van der Waals surface area contributed by atoms with Crippen molar-refractivity contribution in [2.45, 2.75) is 16.3 Å². The maximum absolute atomic E-state index is 12.4. The van der Waals surface area contributed by atoms with E-state index in [2.05, 4.69) is 42.4 Å². The van der Waals surface area contributed by atoms with Gasteiger partial charge in [0.15, 0.2) is 0 Å². The fourth-order valence-electron chi connectivity index (χ4n) is 2.38. The summed E-state index contributed by atoms with van der Waals surface area (Å²) in [5.41, 5.74) is 2.06. The molecule has 0 aliphatic carbocycles. The van der Waals surface area contributed by atoms with Gasteiger partial charge in [0.25, 0.3) is 0 Å². The number of benzene rings is 2. The van der Waals surface area contributed by atoms with Crippen molar-refractivity contribution in [1.29, 1.82) is 0 Å². The Kier molecular flexibility index (Phi) is 8.12. The highest BCUT2D eigenvalue weighted by Crippen LogP contribution is 2.26. The number of nitrogens with zero attached hydrogens (tertiary/aromatic N) is 1. The SMILES string of the molecule is C=CCSc1ccccc1NC(=O)CN(C)Cc1ccc(SC)cc1. The summed E-state index contributed by atoms with van der Waals surface area (Å²) in [6.45, 7) is 4.84. The number of nitrogens with one attached hydrogen (secondary N) is 1. The van der Waals surface area contributed by atoms with E-state index in [0.717, 1.165) is 22.9 Å². The topological polar surface area (TPSA) is 32.3 Å². The van der Waals surface area contributed by atoms with Crippen molar-refractivity contribution in [1.82, 2.24) is 4.90 Å². The molecule has 0 aliphatic heterocycles. The molecule has 2 rings (SSSR count). The van der Waals surface area contributed by atoms with Gasteiger partial charge in [-0.15, -0.1) is 30.1 Å². The van der Waals surface area contributed by atoms with Crippen LogP contribution in [0.5, 0.6) is 0 Å². The summed E-state index contributed by atoms with van der Waals surface area (Å²) in [6.07, 6.45) is 3.93. The summed E-state index contributed by atoms with van der Waals surface area (Å²) in [6, 6.07) is 16.3. The van der Waals surface area contributed by atoms with Crippen molar-refractivity contribution in [3.8, 4) is 0 Å². The standard InChI is InChI=1S/C20H24N2OS2/c1-4-13-25-19-8-6-5-7-18(19)21-20(23)15-22(2)14-16-9-11-17(24-3)12-10-16/h4-12H,1,13-15H2,2-3H3,(H,21,23). The lowest BCUT2D eigenvalue weighted by molar-refractivity contribution is -0.117. The van der Waals surface area contributed by atoms with Crippen LogP contribution in [0.4, 0.5) is 5.69 Å². The Labute approximate surface area is 158 Å². The molecular weight excluding hydrogens is 348 g/mol. The van der Waals surface area contributed by atoms with Gasteiger partial charge in [-0.3, -0.25) is 9.69 Å². The van der Waals surface area contributed by atoms with Gasteiger partial charge in [0.05, 0.1) is 12.2 Å². The second kappa shape index (κ2) is 10.3. The number of amides is 1. The smallest absolute Gasteiger partial charge is 0.238 e. The number of hydrogen-bond donors (Lipinski definition) is 1. The number of carbonyl (C=O) groups excluding carboxylic acids is 1. The van der Waals surface area contributed by atoms with E-state index in [0.29, 0.717) is 6.54 Å². The number of anilines is 1. The Balaban J connectivity index is 1.89. The molecule has 0 fully saturated rings. The van der Waals surface area contributed by atoms with Crippen molar-refractivity contribution in [2.24, 2.45) is 0 Å². The van der Waals surface area contributed by atoms with Gasteiger partial charge >= 0.3 is 0 Å². The highest BCUT2D eigenvalue weighted by atomic mass is 32.2. The van der Waals surface area contributed by atoms with Crippen LogP contribution in [0.3, 0.4) is 0 Å². The zero-order valence-electron chi connectivity index (χ0n) is 14.7. The minimum Gasteiger partial charge on any atom is -0.324 e. The van der Waals surface area contributed by atoms with Crippen molar-refractivity contribution in [2.75, 3.05) is 30.9 Å². The Morgan fingerprint density at radius 1 is 1.20 bits per heavy atom. The van der Waals surface area contributed by atoms with E-state index in [1.807, 2.05) is 42.3 Å². The Bertz CT molecular complexity index is 701. The van der Waals surface area contributed by atoms with E-state index in [4.69, 9.17) is 0 Å². The van der Waals surface area contributed by atoms with Gasteiger partial charge in [-0.1, -0.05) is 30.3 Å². The van der Waals surface area contributed by atoms with Crippen LogP contribution < -0.4 is 5.32 Å². The number of carbonyl (C=O) groups is 1. The second-order valence-corrected chi connectivity index (χ2v) is 7.61. The molecule has 0 atom stereocenters. The summed E-state index contributed by atoms with van der Waals surface area (Å²) >= 11 is 3.39. The monoisotopic (exact) mass is 372 g/mol. The third-order valence-electron chi connectivity index (χ3n) is 3.54. The lowest BCUT2D eigenvalue weighted by Crippen LogP contribution is -2.30. The number of hydrogen-bond acceptors (Lipinski definition) is 4. The van der Waals surface area contributed by atoms with Gasteiger partial charge < -0.3 is 5.32 Å². The molecule has 0 spiro atoms. The molecule has 0 heterocycles. The number of likely N-dealkylation sites (N-methyl/N-ethyl adjacent to an activating group) is 1. The van der Waals surface area contributed by atoms with Crippen LogP contribution in [-0.4, -0.2) is 36.4 Å². The van der Waals surface area contributed by atoms with Crippen LogP contribution >= 0.6 is 23.5 Å². The number of thioether (sulfide) groups is 2. The molecule has 132 valence electrons. The fraction of sp³-hybridized carbons (Fsp3) is 0.250. The average molecular weight is 373 g/mol. The maximum atomic E-state index is 12.4. The molecule has 0 saturated heterocycles. The molecule has 0 unspecified atom stereocenters. The minimum absolute atomic E-state index is 0.00473. The normalized spacial score (nSPS) is 10.7. The van der Waals surface area contributed by atoms with E-state index < -0.39 is 0 Å². The zero-order chi connectivity index (χ0) is 18.1. The molecule has 25 heavy (non-hydrogen) atoms. The third kappa shape index (κ3) is 6.61. The van der Waals surface area contributed by atoms with Crippen molar-refractivity contribution < 1.29 is 4.79 Å². The van der Waals surface area contributed by atoms with Gasteiger partial charge in [-0.2, -0.15) is 0 Å². The van der Waals surface area contributed by atoms with E-state index in [1.54, 1.807) is 23.5 Å². The van der Waals surface area contributed by atoms with E-state index in [9.17, 15) is 4.79 Å². The van der Waals surface area contributed by atoms with Crippen LogP contribution in [0.1, 0.15) is 5.56 Å². The lowest BCUT2D eigenvalue weighted by Gasteiger charge is -2.17. The summed E-state index contributed by atoms with van der Waals surface area (Å²) in [5.74, 6) is 0.814. The molecule has 2 aromatic rings. The predicted octanol–water partition coefficient (Wildman–Crippen LogP) is 4.76. The molecule has 1 amide bonds. The summed E-state index contributed by atoms with van der Waals surface area (Å²) in [5, 5.41) is 3.02. The van der Waals surface area contributed by atoms with Gasteiger partial charge in [-0.05, 0) is 43.1 Å². The van der Waals surface area contributed by atoms with Gasteiger partial charge in [0.2, 0.25) is 5.91 Å². The average Bonchev–Trinajstić information content (AvgIpc) is 2.61. The molecule has 0 aliphatic rings. The molecule has 0 radical (unpaired) electrons. The Morgan fingerprint density at radius 3 is 2.60 bits per heavy atom. The lowest BCUT2D eigenvalue weighted by atomic mass is 10.2. The summed E-state index contributed by atoms with van der Waals surface area (Å²) in [7, 11) is 1.96. The van der Waals surface area contributed by atoms with Crippen LogP contribution in [-0.2, 0) is 11.3 Å². The minimum atomic E-state index is -0.00473. The largest absolute Gasteiger partial charge is 0.324 e. The molecule has 0 bridgehead atoms. The van der Waals surface area contributed by atoms with E-state index in [1.165, 1.54) is 10.5 Å². The summed E-state index contributed by atoms with van der Waals surface area (Å²) < 4.78 is 0. The van der Waals surface area contributed by atoms with Crippen LogP contribution in [0.25, 0.3) is 0 Å². The highest BCUT2D eigenvalue weighted by molar-refractivity contribution is 7.99. The van der Waals surface area contributed by atoms with Gasteiger partial charge in [0.1, 0.15) is 0 Å². The van der Waals surface area contributed by atoms with Crippen molar-refractivity contribution >= 4 is 35.1 Å². The fourth-order valence-corrected chi connectivity index (χ4v) is 3.53. The van der Waals surface area contributed by atoms with Crippen LogP contribution in [0, 0.1) is 0 Å². The first kappa shape index (κ1) is 19.6. The zero-order valence-corrected chi connectivity index (χ0v) is 16.3. The van der Waals surface area contributed by atoms with Crippen molar-refractivity contribution in [3.63, 3.8) is 0 Å². The number of rotatable bonds is 9. The quantitative estimate of drug-likeness (QED) is 0.508. The molecule has 1 N–H and O–H groups in total. The highest BCUT2D eigenvalue weighted by Gasteiger charge is 2.10. The van der Waals surface area contributed by atoms with Gasteiger partial charge in [0, 0.05) is 22.1 Å². The molecule has 2 aromatic carbocycles. The third-order valence-corrected chi connectivity index (χ3v) is 5.36. The molecular formula is C20H24N2OS2. The Morgan fingerprint density at radius 2 is 1.92 bits per heavy atom. The molecule has 3 nitrogen and oxygen atoms in total. The van der Waals surface area contributed by atoms with Crippen molar-refractivity contribution in [3.05, 3.63) is 66.7 Å². The Hall–Kier alpha value is -1.69. The maximum Gasteiger partial charge on any atom is 0.238 e. The number of para-hydroxylation sites is 1. The first-order valence-electron chi connectivity index (χ1n) is 8.06. The first-order valence-corrected chi connectivity index (χ1v) is 10.3. The second-order valence-electron chi connectivity index (χ2n) is 5.66.